The van der Waals surface area contributed by atoms with Crippen LogP contribution in [0.25, 0.3) is 5.70 Å². The lowest BCUT2D eigenvalue weighted by atomic mass is 10.1. The molecule has 3 aliphatic rings. The van der Waals surface area contributed by atoms with E-state index in [1.165, 1.54) is 11.3 Å². The molecule has 0 saturated carbocycles. The number of azo groups is 1. The molecule has 39 heavy (non-hydrogen) atoms. The van der Waals surface area contributed by atoms with Gasteiger partial charge >= 0.3 is 6.03 Å². The zero-order valence-corrected chi connectivity index (χ0v) is 21.7. The predicted molar refractivity (Wildman–Crippen MR) is 144 cm³/mol. The van der Waals surface area contributed by atoms with Gasteiger partial charge in [-0.1, -0.05) is 12.1 Å². The smallest absolute Gasteiger partial charge is 0.333 e. The van der Waals surface area contributed by atoms with Crippen LogP contribution in [0.3, 0.4) is 0 Å². The zero-order valence-electron chi connectivity index (χ0n) is 20.9. The van der Waals surface area contributed by atoms with E-state index in [0.29, 0.717) is 78.7 Å². The fourth-order valence-electron chi connectivity index (χ4n) is 4.83. The Labute approximate surface area is 227 Å². The molecule has 1 fully saturated rings. The summed E-state index contributed by atoms with van der Waals surface area (Å²) in [5.74, 6) is 0.553. The largest absolute Gasteiger partial charge is 0.379 e. The number of ether oxygens (including phenoxy) is 1. The molecule has 13 heteroatoms. The number of nitrogens with one attached hydrogen (secondary N) is 4. The number of rotatable bonds is 8. The summed E-state index contributed by atoms with van der Waals surface area (Å²) in [4.78, 5) is 46.6. The van der Waals surface area contributed by atoms with Crippen LogP contribution >= 0.6 is 11.3 Å². The number of benzene rings is 1. The molecule has 1 aliphatic carbocycles. The van der Waals surface area contributed by atoms with E-state index in [-0.39, 0.29) is 11.7 Å². The molecule has 200 valence electrons. The maximum atomic E-state index is 13.6. The van der Waals surface area contributed by atoms with Gasteiger partial charge < -0.3 is 20.4 Å². The van der Waals surface area contributed by atoms with E-state index in [2.05, 4.69) is 36.3 Å². The van der Waals surface area contributed by atoms with Crippen molar-refractivity contribution in [2.24, 2.45) is 10.2 Å². The molecule has 0 radical (unpaired) electrons. The summed E-state index contributed by atoms with van der Waals surface area (Å²) in [6.45, 7) is 2.27. The van der Waals surface area contributed by atoms with Crippen LogP contribution < -0.4 is 16.1 Å². The summed E-state index contributed by atoms with van der Waals surface area (Å²) in [5.41, 5.74) is 5.32. The number of imidazole rings is 1. The third-order valence-electron chi connectivity index (χ3n) is 6.66. The van der Waals surface area contributed by atoms with Crippen molar-refractivity contribution in [3.8, 4) is 0 Å². The van der Waals surface area contributed by atoms with Crippen LogP contribution in [0.2, 0.25) is 0 Å². The monoisotopic (exact) mass is 546 g/mol. The maximum absolute atomic E-state index is 13.6. The zero-order chi connectivity index (χ0) is 26.8. The molecular formula is C26H26N8O4S. The maximum Gasteiger partial charge on any atom is 0.333 e. The first-order valence-corrected chi connectivity index (χ1v) is 13.5. The van der Waals surface area contributed by atoms with Crippen LogP contribution in [0, 0.1) is 0 Å². The Balaban J connectivity index is 1.14. The van der Waals surface area contributed by atoms with Crippen molar-refractivity contribution in [1.29, 1.82) is 0 Å². The van der Waals surface area contributed by atoms with Crippen LogP contribution in [-0.2, 0) is 16.0 Å². The number of anilines is 2. The Bertz CT molecular complexity index is 1470. The number of H-pyrrole nitrogens is 1. The Morgan fingerprint density at radius 3 is 2.85 bits per heavy atom. The molecule has 6 rings (SSSR count). The van der Waals surface area contributed by atoms with E-state index in [1.54, 1.807) is 35.6 Å². The van der Waals surface area contributed by atoms with Gasteiger partial charge in [0.1, 0.15) is 17.6 Å². The van der Waals surface area contributed by atoms with Crippen molar-refractivity contribution >= 4 is 45.4 Å². The molecule has 1 saturated heterocycles. The van der Waals surface area contributed by atoms with Crippen molar-refractivity contribution in [1.82, 2.24) is 20.4 Å². The first kappa shape index (κ1) is 25.1. The van der Waals surface area contributed by atoms with Gasteiger partial charge in [0.15, 0.2) is 5.78 Å². The number of amides is 3. The fourth-order valence-corrected chi connectivity index (χ4v) is 5.75. The van der Waals surface area contributed by atoms with Crippen molar-refractivity contribution in [3.05, 3.63) is 70.1 Å². The normalized spacial score (nSPS) is 18.3. The molecule has 1 unspecified atom stereocenters. The van der Waals surface area contributed by atoms with Gasteiger partial charge in [-0.15, -0.1) is 11.3 Å². The quantitative estimate of drug-likeness (QED) is 0.336. The first-order valence-electron chi connectivity index (χ1n) is 12.7. The summed E-state index contributed by atoms with van der Waals surface area (Å²) in [6.07, 6.45) is 5.19. The minimum atomic E-state index is -0.520. The highest BCUT2D eigenvalue weighted by molar-refractivity contribution is 7.17. The lowest BCUT2D eigenvalue weighted by molar-refractivity contribution is -0.116. The molecule has 3 amide bonds. The molecule has 1 atom stereocenters. The van der Waals surface area contributed by atoms with Crippen molar-refractivity contribution in [3.63, 3.8) is 0 Å². The highest BCUT2D eigenvalue weighted by Gasteiger charge is 2.42. The number of carbonyl (C=O) groups excluding carboxylic acids is 3. The Hall–Kier alpha value is -4.20. The van der Waals surface area contributed by atoms with E-state index in [4.69, 9.17) is 4.74 Å². The molecule has 2 aromatic heterocycles. The number of aromatic amines is 1. The summed E-state index contributed by atoms with van der Waals surface area (Å²) in [7, 11) is 0. The van der Waals surface area contributed by atoms with E-state index in [9.17, 15) is 14.4 Å². The molecule has 4 N–H and O–H groups in total. The fraction of sp³-hybridized carbons (Fsp3) is 0.308. The first-order chi connectivity index (χ1) is 19.1. The highest BCUT2D eigenvalue weighted by atomic mass is 32.1. The number of thiophene rings is 1. The Kier molecular flexibility index (Phi) is 7.00. The van der Waals surface area contributed by atoms with Crippen molar-refractivity contribution < 1.29 is 19.1 Å². The van der Waals surface area contributed by atoms with Crippen LogP contribution in [0.15, 0.2) is 58.5 Å². The minimum Gasteiger partial charge on any atom is -0.379 e. The molecule has 12 nitrogen and oxygen atoms in total. The molecule has 4 heterocycles. The number of hydrogen-bond acceptors (Lipinski definition) is 9. The van der Waals surface area contributed by atoms with Gasteiger partial charge in [-0.2, -0.15) is 10.2 Å². The van der Waals surface area contributed by atoms with E-state index in [1.807, 2.05) is 12.1 Å². The number of Topliss-reactive ketones (excluding diaryl/α,β-unsaturated/α-hetero) is 1. The lowest BCUT2D eigenvalue weighted by Gasteiger charge is -2.27. The Morgan fingerprint density at radius 1 is 1.15 bits per heavy atom. The number of carbonyl (C=O) groups is 3. The second-order valence-electron chi connectivity index (χ2n) is 9.25. The number of aromatic nitrogens is 2. The third-order valence-corrected chi connectivity index (χ3v) is 7.67. The van der Waals surface area contributed by atoms with Gasteiger partial charge in [-0.3, -0.25) is 15.0 Å². The van der Waals surface area contributed by atoms with Crippen LogP contribution in [-0.4, -0.2) is 59.0 Å². The number of hydrazine groups is 1. The molecule has 3 aromatic rings. The second kappa shape index (κ2) is 10.9. The summed E-state index contributed by atoms with van der Waals surface area (Å²) in [5, 5.41) is 16.9. The predicted octanol–water partition coefficient (Wildman–Crippen LogP) is 3.92. The number of ketones is 1. The molecule has 0 bridgehead atoms. The molecule has 0 spiro atoms. The molecule has 2 aliphatic heterocycles. The molecular weight excluding hydrogens is 520 g/mol. The average Bonchev–Trinajstić information content (AvgIpc) is 3.72. The number of morpholine rings is 1. The van der Waals surface area contributed by atoms with Gasteiger partial charge in [-0.05, 0) is 30.2 Å². The summed E-state index contributed by atoms with van der Waals surface area (Å²) in [6, 6.07) is 8.02. The summed E-state index contributed by atoms with van der Waals surface area (Å²) < 4.78 is 5.31. The van der Waals surface area contributed by atoms with E-state index < -0.39 is 12.1 Å². The van der Waals surface area contributed by atoms with Crippen molar-refractivity contribution in [2.45, 2.75) is 25.3 Å². The van der Waals surface area contributed by atoms with Crippen LogP contribution in [0.5, 0.6) is 0 Å². The lowest BCUT2D eigenvalue weighted by Crippen LogP contribution is -2.49. The third kappa shape index (κ3) is 5.24. The number of fused-ring (bicyclic) bond motifs is 3. The molecule has 1 aromatic carbocycles. The number of urea groups is 1. The van der Waals surface area contributed by atoms with Crippen LogP contribution in [0.4, 0.5) is 15.5 Å². The van der Waals surface area contributed by atoms with Gasteiger partial charge in [0, 0.05) is 38.3 Å². The van der Waals surface area contributed by atoms with Crippen LogP contribution in [0.1, 0.15) is 45.5 Å². The van der Waals surface area contributed by atoms with Gasteiger partial charge in [0.25, 0.3) is 0 Å². The number of nitrogens with zero attached hydrogens (tertiary/aromatic N) is 4. The number of hydrogen-bond donors (Lipinski definition) is 4. The highest BCUT2D eigenvalue weighted by Crippen LogP contribution is 2.50. The Morgan fingerprint density at radius 2 is 2.03 bits per heavy atom. The van der Waals surface area contributed by atoms with Crippen molar-refractivity contribution in [2.75, 3.05) is 36.9 Å². The summed E-state index contributed by atoms with van der Waals surface area (Å²) >= 11 is 1.34. The second-order valence-corrected chi connectivity index (χ2v) is 10.3. The van der Waals surface area contributed by atoms with Gasteiger partial charge in [-0.25, -0.2) is 14.8 Å². The SMILES string of the molecule is O=C(CCCc1ncc[nH]1)Nc1ccc(C2=C3C(=O)c4c(NC(=O)NN5CCOCC5)cccc4C3N=N2)s1. The number of aryl methyl sites for hydroxylation is 1. The topological polar surface area (TPSA) is 153 Å². The van der Waals surface area contributed by atoms with E-state index in [0.717, 1.165) is 10.7 Å². The minimum absolute atomic E-state index is 0.0889. The van der Waals surface area contributed by atoms with E-state index >= 15 is 0 Å². The van der Waals surface area contributed by atoms with Gasteiger partial charge in [0.05, 0.1) is 39.9 Å². The van der Waals surface area contributed by atoms with Gasteiger partial charge in [0.2, 0.25) is 5.91 Å². The standard InChI is InChI=1S/C26H26N8O4S/c35-19(6-2-5-18-27-9-10-28-18)30-20-8-7-17(39-20)24-22-23(31-32-24)15-3-1-4-16(21(15)25(22)36)29-26(37)33-34-11-13-38-14-12-34/h1,3-4,7-10,23H,2,5-6,11-14H2,(H,27,28)(H,30,35)(H2,29,33,37). The average molecular weight is 547 g/mol.